The molecule has 0 amide bonds. The van der Waals surface area contributed by atoms with Gasteiger partial charge in [-0.2, -0.15) is 0 Å². The van der Waals surface area contributed by atoms with E-state index in [-0.39, 0.29) is 5.82 Å². The molecular formula is C13H15BFNO2S. The van der Waals surface area contributed by atoms with Gasteiger partial charge in [0.15, 0.2) is 0 Å². The van der Waals surface area contributed by atoms with Crippen molar-refractivity contribution in [1.29, 1.82) is 0 Å². The summed E-state index contributed by atoms with van der Waals surface area (Å²) in [5.74, 6) is -0.336. The van der Waals surface area contributed by atoms with Gasteiger partial charge in [0, 0.05) is 11.5 Å². The van der Waals surface area contributed by atoms with Gasteiger partial charge in [-0.15, -0.1) is 11.3 Å². The first-order valence-electron chi connectivity index (χ1n) is 6.18. The highest BCUT2D eigenvalue weighted by molar-refractivity contribution is 7.16. The number of nitrogens with zero attached hydrogens (tertiary/aromatic N) is 1. The van der Waals surface area contributed by atoms with Crippen LogP contribution in [0.1, 0.15) is 27.7 Å². The van der Waals surface area contributed by atoms with Crippen LogP contribution >= 0.6 is 11.3 Å². The van der Waals surface area contributed by atoms with Crippen molar-refractivity contribution in [2.75, 3.05) is 0 Å². The van der Waals surface area contributed by atoms with Gasteiger partial charge >= 0.3 is 7.12 Å². The molecule has 6 heteroatoms. The molecule has 0 aliphatic carbocycles. The van der Waals surface area contributed by atoms with Crippen molar-refractivity contribution in [3.05, 3.63) is 23.5 Å². The minimum Gasteiger partial charge on any atom is -0.399 e. The van der Waals surface area contributed by atoms with E-state index in [1.807, 2.05) is 27.7 Å². The molecule has 19 heavy (non-hydrogen) atoms. The van der Waals surface area contributed by atoms with Crippen LogP contribution in [0, 0.1) is 5.82 Å². The molecule has 0 atom stereocenters. The van der Waals surface area contributed by atoms with Crippen molar-refractivity contribution in [2.45, 2.75) is 38.9 Å². The number of hydrogen-bond acceptors (Lipinski definition) is 4. The van der Waals surface area contributed by atoms with Crippen molar-refractivity contribution in [3.8, 4) is 0 Å². The zero-order chi connectivity index (χ0) is 13.8. The van der Waals surface area contributed by atoms with Gasteiger partial charge in [-0.1, -0.05) is 0 Å². The average Bonchev–Trinajstić information content (AvgIpc) is 2.80. The molecule has 0 N–H and O–H groups in total. The zero-order valence-electron chi connectivity index (χ0n) is 11.4. The fourth-order valence-electron chi connectivity index (χ4n) is 2.04. The summed E-state index contributed by atoms with van der Waals surface area (Å²) in [5.41, 5.74) is 1.88. The second kappa shape index (κ2) is 4.01. The summed E-state index contributed by atoms with van der Waals surface area (Å²) in [4.78, 5) is 4.10. The van der Waals surface area contributed by atoms with Crippen LogP contribution in [-0.2, 0) is 9.31 Å². The van der Waals surface area contributed by atoms with E-state index in [1.165, 1.54) is 17.4 Å². The molecule has 0 radical (unpaired) electrons. The van der Waals surface area contributed by atoms with Crippen LogP contribution in [0.15, 0.2) is 17.6 Å². The van der Waals surface area contributed by atoms with Crippen molar-refractivity contribution in [2.24, 2.45) is 0 Å². The number of aromatic nitrogens is 1. The summed E-state index contributed by atoms with van der Waals surface area (Å²) in [5, 5.41) is 0. The van der Waals surface area contributed by atoms with E-state index >= 15 is 0 Å². The van der Waals surface area contributed by atoms with E-state index in [1.54, 1.807) is 11.6 Å². The van der Waals surface area contributed by atoms with Crippen LogP contribution < -0.4 is 5.46 Å². The molecule has 0 spiro atoms. The summed E-state index contributed by atoms with van der Waals surface area (Å²) in [6.45, 7) is 7.82. The molecule has 3 rings (SSSR count). The molecule has 1 aliphatic heterocycles. The minimum absolute atomic E-state index is 0.336. The van der Waals surface area contributed by atoms with E-state index < -0.39 is 18.3 Å². The third-order valence-corrected chi connectivity index (χ3v) is 4.75. The molecule has 1 aliphatic rings. The van der Waals surface area contributed by atoms with Crippen LogP contribution in [0.2, 0.25) is 0 Å². The molecular weight excluding hydrogens is 264 g/mol. The first kappa shape index (κ1) is 13.0. The predicted octanol–water partition coefficient (Wildman–Crippen LogP) is 2.73. The largest absolute Gasteiger partial charge is 0.497 e. The number of thiazole rings is 1. The van der Waals surface area contributed by atoms with Gasteiger partial charge in [0.05, 0.1) is 26.9 Å². The van der Waals surface area contributed by atoms with Crippen molar-refractivity contribution in [1.82, 2.24) is 4.98 Å². The highest BCUT2D eigenvalue weighted by Gasteiger charge is 2.52. The highest BCUT2D eigenvalue weighted by Crippen LogP contribution is 2.36. The van der Waals surface area contributed by atoms with E-state index in [4.69, 9.17) is 9.31 Å². The molecule has 0 bridgehead atoms. The first-order chi connectivity index (χ1) is 8.80. The Hall–Kier alpha value is -0.975. The van der Waals surface area contributed by atoms with Crippen molar-refractivity contribution >= 4 is 34.1 Å². The SMILES string of the molecule is CC1(C)OB(c2cc3scnc3cc2F)OC1(C)C. The van der Waals surface area contributed by atoms with Gasteiger partial charge in [0.25, 0.3) is 0 Å². The maximum atomic E-state index is 14.2. The number of benzene rings is 1. The smallest absolute Gasteiger partial charge is 0.399 e. The molecule has 1 saturated heterocycles. The monoisotopic (exact) mass is 279 g/mol. The number of fused-ring (bicyclic) bond motifs is 1. The second-order valence-corrected chi connectivity index (χ2v) is 6.67. The molecule has 1 aromatic carbocycles. The Morgan fingerprint density at radius 2 is 1.79 bits per heavy atom. The Labute approximate surface area is 115 Å². The second-order valence-electron chi connectivity index (χ2n) is 5.78. The summed E-state index contributed by atoms with van der Waals surface area (Å²) < 4.78 is 26.9. The molecule has 2 heterocycles. The van der Waals surface area contributed by atoms with Crippen LogP contribution in [-0.4, -0.2) is 23.3 Å². The van der Waals surface area contributed by atoms with E-state index in [0.717, 1.165) is 4.70 Å². The fourth-order valence-corrected chi connectivity index (χ4v) is 2.75. The lowest BCUT2D eigenvalue weighted by Crippen LogP contribution is -2.41. The molecule has 0 saturated carbocycles. The molecule has 3 nitrogen and oxygen atoms in total. The lowest BCUT2D eigenvalue weighted by Gasteiger charge is -2.32. The van der Waals surface area contributed by atoms with Gasteiger partial charge in [-0.25, -0.2) is 9.37 Å². The zero-order valence-corrected chi connectivity index (χ0v) is 12.2. The molecule has 1 aromatic heterocycles. The normalized spacial score (nSPS) is 21.2. The van der Waals surface area contributed by atoms with Gasteiger partial charge in [0.1, 0.15) is 5.82 Å². The topological polar surface area (TPSA) is 31.4 Å². The Morgan fingerprint density at radius 1 is 1.16 bits per heavy atom. The molecule has 2 aromatic rings. The standard InChI is InChI=1S/C13H15BFNO2S/c1-12(2)13(3,4)18-14(17-12)8-5-11-10(6-9(8)15)16-7-19-11/h5-7H,1-4H3. The first-order valence-corrected chi connectivity index (χ1v) is 7.06. The lowest BCUT2D eigenvalue weighted by molar-refractivity contribution is 0.00578. The number of halogens is 1. The van der Waals surface area contributed by atoms with Gasteiger partial charge < -0.3 is 9.31 Å². The molecule has 1 fully saturated rings. The lowest BCUT2D eigenvalue weighted by atomic mass is 9.78. The minimum atomic E-state index is -0.670. The van der Waals surface area contributed by atoms with E-state index in [0.29, 0.717) is 11.0 Å². The molecule has 0 unspecified atom stereocenters. The van der Waals surface area contributed by atoms with Crippen LogP contribution in [0.25, 0.3) is 10.2 Å². The van der Waals surface area contributed by atoms with Gasteiger partial charge in [-0.3, -0.25) is 0 Å². The van der Waals surface area contributed by atoms with Crippen LogP contribution in [0.3, 0.4) is 0 Å². The van der Waals surface area contributed by atoms with Gasteiger partial charge in [-0.05, 0) is 33.8 Å². The maximum Gasteiger partial charge on any atom is 0.497 e. The maximum absolute atomic E-state index is 14.2. The van der Waals surface area contributed by atoms with Crippen molar-refractivity contribution in [3.63, 3.8) is 0 Å². The average molecular weight is 279 g/mol. The predicted molar refractivity (Wildman–Crippen MR) is 75.3 cm³/mol. The molecule has 100 valence electrons. The summed E-state index contributed by atoms with van der Waals surface area (Å²) in [6.07, 6.45) is 0. The Bertz CT molecular complexity index is 625. The third kappa shape index (κ3) is 1.98. The van der Waals surface area contributed by atoms with Crippen LogP contribution in [0.4, 0.5) is 4.39 Å². The Balaban J connectivity index is 2.04. The number of hydrogen-bond donors (Lipinski definition) is 0. The van der Waals surface area contributed by atoms with E-state index in [9.17, 15) is 4.39 Å². The third-order valence-electron chi connectivity index (χ3n) is 3.96. The summed E-state index contributed by atoms with van der Waals surface area (Å²) >= 11 is 1.48. The summed E-state index contributed by atoms with van der Waals surface area (Å²) in [7, 11) is -0.670. The fraction of sp³-hybridized carbons (Fsp3) is 0.462. The Kier molecular flexibility index (Phi) is 2.75. The van der Waals surface area contributed by atoms with Gasteiger partial charge in [0.2, 0.25) is 0 Å². The van der Waals surface area contributed by atoms with E-state index in [2.05, 4.69) is 4.98 Å². The quantitative estimate of drug-likeness (QED) is 0.752. The summed E-state index contributed by atoms with van der Waals surface area (Å²) in [6, 6.07) is 3.21. The Morgan fingerprint density at radius 3 is 2.42 bits per heavy atom. The van der Waals surface area contributed by atoms with Crippen molar-refractivity contribution < 1.29 is 13.7 Å². The number of rotatable bonds is 1. The highest BCUT2D eigenvalue weighted by atomic mass is 32.1. The van der Waals surface area contributed by atoms with Crippen LogP contribution in [0.5, 0.6) is 0 Å².